The molecule has 37 heavy (non-hydrogen) atoms. The molecule has 0 fully saturated rings. The number of carbonyl (C=O) groups excluding carboxylic acids is 1. The number of rotatable bonds is 8. The minimum absolute atomic E-state index is 0.353. The van der Waals surface area contributed by atoms with Gasteiger partial charge in [0.1, 0.15) is 5.75 Å². The van der Waals surface area contributed by atoms with Crippen molar-refractivity contribution >= 4 is 29.4 Å². The van der Waals surface area contributed by atoms with Crippen molar-refractivity contribution in [3.63, 3.8) is 0 Å². The summed E-state index contributed by atoms with van der Waals surface area (Å²) in [7, 11) is 1.37. The van der Waals surface area contributed by atoms with Gasteiger partial charge in [-0.3, -0.25) is 0 Å². The first-order valence-electron chi connectivity index (χ1n) is 11.9. The zero-order valence-electron chi connectivity index (χ0n) is 20.8. The van der Waals surface area contributed by atoms with Crippen LogP contribution in [-0.2, 0) is 16.1 Å². The van der Waals surface area contributed by atoms with Crippen molar-refractivity contribution in [2.45, 2.75) is 13.5 Å². The molecule has 0 atom stereocenters. The van der Waals surface area contributed by atoms with Gasteiger partial charge < -0.3 is 20.1 Å². The number of methoxy groups -OCH3 is 1. The Kier molecular flexibility index (Phi) is 8.70. The summed E-state index contributed by atoms with van der Waals surface area (Å²) in [6, 6.07) is 35.2. The lowest BCUT2D eigenvalue weighted by Gasteiger charge is -2.16. The first-order valence-corrected chi connectivity index (χ1v) is 11.9. The van der Waals surface area contributed by atoms with E-state index < -0.39 is 0 Å². The molecule has 0 unspecified atom stereocenters. The zero-order valence-corrected chi connectivity index (χ0v) is 20.8. The van der Waals surface area contributed by atoms with E-state index in [9.17, 15) is 4.79 Å². The summed E-state index contributed by atoms with van der Waals surface area (Å²) >= 11 is 0. The van der Waals surface area contributed by atoms with E-state index in [1.165, 1.54) is 7.11 Å². The fourth-order valence-electron chi connectivity index (χ4n) is 3.54. The third-order valence-corrected chi connectivity index (χ3v) is 5.44. The zero-order chi connectivity index (χ0) is 25.9. The smallest absolute Gasteiger partial charge is 0.333 e. The molecule has 6 heteroatoms. The molecule has 0 bridgehead atoms. The Morgan fingerprint density at radius 2 is 1.46 bits per heavy atom. The molecule has 0 saturated carbocycles. The predicted octanol–water partition coefficient (Wildman–Crippen LogP) is 7.14. The monoisotopic (exact) mass is 491 g/mol. The summed E-state index contributed by atoms with van der Waals surface area (Å²) < 4.78 is 11.0. The molecule has 0 aliphatic carbocycles. The third-order valence-electron chi connectivity index (χ3n) is 5.44. The van der Waals surface area contributed by atoms with Crippen molar-refractivity contribution in [2.24, 2.45) is 4.99 Å². The van der Waals surface area contributed by atoms with Crippen LogP contribution in [0.5, 0.6) is 11.5 Å². The number of carbonyl (C=O) groups is 1. The highest BCUT2D eigenvalue weighted by Crippen LogP contribution is 2.30. The molecule has 0 saturated heterocycles. The number of para-hydroxylation sites is 3. The number of guanidine groups is 1. The van der Waals surface area contributed by atoms with Gasteiger partial charge in [0, 0.05) is 11.3 Å². The second-order valence-corrected chi connectivity index (χ2v) is 8.25. The fraction of sp³-hybridized carbons (Fsp3) is 0.0968. The number of nitrogens with one attached hydrogen (secondary N) is 2. The summed E-state index contributed by atoms with van der Waals surface area (Å²) in [5.74, 6) is 1.57. The van der Waals surface area contributed by atoms with Crippen LogP contribution < -0.4 is 15.4 Å². The molecule has 0 aromatic heterocycles. The Balaban J connectivity index is 1.53. The molecule has 6 nitrogen and oxygen atoms in total. The third kappa shape index (κ3) is 7.57. The van der Waals surface area contributed by atoms with Crippen LogP contribution >= 0.6 is 0 Å². The van der Waals surface area contributed by atoms with E-state index in [0.717, 1.165) is 22.5 Å². The summed E-state index contributed by atoms with van der Waals surface area (Å²) in [4.78, 5) is 16.4. The highest BCUT2D eigenvalue weighted by Gasteiger charge is 2.09. The average Bonchev–Trinajstić information content (AvgIpc) is 2.94. The van der Waals surface area contributed by atoms with Gasteiger partial charge >= 0.3 is 5.97 Å². The molecule has 2 N–H and O–H groups in total. The van der Waals surface area contributed by atoms with Crippen LogP contribution in [0, 0.1) is 0 Å². The van der Waals surface area contributed by atoms with Crippen molar-refractivity contribution in [3.8, 4) is 11.5 Å². The molecule has 4 aromatic rings. The van der Waals surface area contributed by atoms with E-state index in [0.29, 0.717) is 29.6 Å². The van der Waals surface area contributed by atoms with Crippen LogP contribution in [0.2, 0.25) is 0 Å². The highest BCUT2D eigenvalue weighted by atomic mass is 16.5. The van der Waals surface area contributed by atoms with Gasteiger partial charge in [-0.1, -0.05) is 72.8 Å². The van der Waals surface area contributed by atoms with E-state index in [-0.39, 0.29) is 5.97 Å². The molecule has 0 aliphatic rings. The van der Waals surface area contributed by atoms with Crippen molar-refractivity contribution in [3.05, 3.63) is 126 Å². The van der Waals surface area contributed by atoms with E-state index in [2.05, 4.69) is 10.6 Å². The Morgan fingerprint density at radius 1 is 0.811 bits per heavy atom. The Labute approximate surface area is 217 Å². The van der Waals surface area contributed by atoms with Gasteiger partial charge in [-0.05, 0) is 60.5 Å². The molecular formula is C31H29N3O3. The minimum Gasteiger partial charge on any atom is -0.466 e. The number of aliphatic imine (C=N–C) groups is 1. The van der Waals surface area contributed by atoms with Crippen LogP contribution in [0.3, 0.4) is 0 Å². The number of esters is 1. The summed E-state index contributed by atoms with van der Waals surface area (Å²) in [6.45, 7) is 2.24. The molecule has 0 amide bonds. The maximum atomic E-state index is 11.7. The molecule has 4 aromatic carbocycles. The van der Waals surface area contributed by atoms with E-state index in [4.69, 9.17) is 14.5 Å². The Hall–Kier alpha value is -4.84. The lowest BCUT2D eigenvalue weighted by molar-refractivity contribution is -0.135. The fourth-order valence-corrected chi connectivity index (χ4v) is 3.54. The quantitative estimate of drug-likeness (QED) is 0.119. The number of ether oxygens (including phenoxy) is 2. The van der Waals surface area contributed by atoms with Crippen LogP contribution in [0.1, 0.15) is 18.1 Å². The van der Waals surface area contributed by atoms with Gasteiger partial charge in [0.25, 0.3) is 0 Å². The molecule has 0 spiro atoms. The van der Waals surface area contributed by atoms with Crippen molar-refractivity contribution in [2.75, 3.05) is 17.7 Å². The lowest BCUT2D eigenvalue weighted by Crippen LogP contribution is -2.22. The second-order valence-electron chi connectivity index (χ2n) is 8.25. The first kappa shape index (κ1) is 25.3. The molecule has 0 heterocycles. The van der Waals surface area contributed by atoms with Crippen molar-refractivity contribution in [1.82, 2.24) is 0 Å². The molecule has 186 valence electrons. The summed E-state index contributed by atoms with van der Waals surface area (Å²) in [5.41, 5.74) is 4.20. The average molecular weight is 492 g/mol. The Morgan fingerprint density at radius 3 is 2.16 bits per heavy atom. The molecule has 0 radical (unpaired) electrons. The summed E-state index contributed by atoms with van der Waals surface area (Å²) in [6.07, 6.45) is 1.77. The molecule has 4 rings (SSSR count). The standard InChI is InChI=1S/C31H29N3O3/c1-23(30(35)36-2)21-24-17-19-27(20-18-24)37-29-16-10-9-15-28(29)34-31(33-26-13-7-4-8-14-26)32-22-25-11-5-3-6-12-25/h3-21H,22H2,1-2H3,(H2,32,33,34)/b23-21+. The van der Waals surface area contributed by atoms with Gasteiger partial charge in [0.15, 0.2) is 5.75 Å². The molecule has 0 aliphatic heterocycles. The normalized spacial score (nSPS) is 11.5. The maximum Gasteiger partial charge on any atom is 0.333 e. The number of benzene rings is 4. The lowest BCUT2D eigenvalue weighted by atomic mass is 10.1. The van der Waals surface area contributed by atoms with Crippen LogP contribution in [0.25, 0.3) is 6.08 Å². The number of nitrogens with zero attached hydrogens (tertiary/aromatic N) is 1. The van der Waals surface area contributed by atoms with Gasteiger partial charge in [-0.25, -0.2) is 9.79 Å². The number of hydrogen-bond donors (Lipinski definition) is 2. The van der Waals surface area contributed by atoms with Crippen molar-refractivity contribution in [1.29, 1.82) is 0 Å². The topological polar surface area (TPSA) is 72.0 Å². The largest absolute Gasteiger partial charge is 0.466 e. The van der Waals surface area contributed by atoms with Gasteiger partial charge in [-0.15, -0.1) is 0 Å². The van der Waals surface area contributed by atoms with E-state index >= 15 is 0 Å². The van der Waals surface area contributed by atoms with E-state index in [1.54, 1.807) is 13.0 Å². The molecular weight excluding hydrogens is 462 g/mol. The van der Waals surface area contributed by atoms with Crippen molar-refractivity contribution < 1.29 is 14.3 Å². The first-order chi connectivity index (χ1) is 18.1. The Bertz CT molecular complexity index is 1370. The van der Waals surface area contributed by atoms with Crippen LogP contribution in [0.4, 0.5) is 11.4 Å². The van der Waals surface area contributed by atoms with Gasteiger partial charge in [-0.2, -0.15) is 0 Å². The second kappa shape index (κ2) is 12.7. The number of anilines is 2. The van der Waals surface area contributed by atoms with Crippen LogP contribution in [0.15, 0.2) is 120 Å². The highest BCUT2D eigenvalue weighted by molar-refractivity contribution is 6.04. The van der Waals surface area contributed by atoms with Gasteiger partial charge in [0.05, 0.1) is 19.3 Å². The summed E-state index contributed by atoms with van der Waals surface area (Å²) in [5, 5.41) is 6.76. The van der Waals surface area contributed by atoms with Crippen LogP contribution in [-0.4, -0.2) is 19.0 Å². The maximum absolute atomic E-state index is 11.7. The SMILES string of the molecule is COC(=O)/C(C)=C/c1ccc(Oc2ccccc2NC(=NCc2ccccc2)Nc2ccccc2)cc1. The van der Waals surface area contributed by atoms with Gasteiger partial charge in [0.2, 0.25) is 5.96 Å². The number of hydrogen-bond acceptors (Lipinski definition) is 4. The van der Waals surface area contributed by atoms with E-state index in [1.807, 2.05) is 109 Å². The minimum atomic E-state index is -0.353. The predicted molar refractivity (Wildman–Crippen MR) is 150 cm³/mol.